The van der Waals surface area contributed by atoms with Gasteiger partial charge in [-0.2, -0.15) is 4.31 Å². The Bertz CT molecular complexity index is 1360. The lowest BCUT2D eigenvalue weighted by Gasteiger charge is -2.34. The molecule has 1 fully saturated rings. The van der Waals surface area contributed by atoms with Crippen molar-refractivity contribution < 1.29 is 12.9 Å². The number of aromatic nitrogens is 4. The number of fused-ring (bicyclic) bond motifs is 1. The first-order valence-corrected chi connectivity index (χ1v) is 12.2. The number of hydrogen-bond donors (Lipinski definition) is 1. The number of piperazine rings is 1. The summed E-state index contributed by atoms with van der Waals surface area (Å²) in [6.07, 6.45) is 0. The Kier molecular flexibility index (Phi) is 5.65. The Hall–Kier alpha value is -3.57. The topological polar surface area (TPSA) is 117 Å². The molecule has 4 aromatic rings. The Morgan fingerprint density at radius 3 is 2.52 bits per heavy atom. The molecule has 0 saturated carbocycles. The van der Waals surface area contributed by atoms with Crippen molar-refractivity contribution >= 4 is 38.4 Å². The third-order valence-corrected chi connectivity index (χ3v) is 7.31. The highest BCUT2D eigenvalue weighted by molar-refractivity contribution is 7.88. The first kappa shape index (κ1) is 21.3. The highest BCUT2D eigenvalue weighted by Gasteiger charge is 2.29. The van der Waals surface area contributed by atoms with Crippen LogP contribution in [0, 0.1) is 6.92 Å². The van der Waals surface area contributed by atoms with Gasteiger partial charge < -0.3 is 14.7 Å². The predicted octanol–water partition coefficient (Wildman–Crippen LogP) is 2.72. The highest BCUT2D eigenvalue weighted by atomic mass is 32.2. The van der Waals surface area contributed by atoms with Crippen LogP contribution >= 0.6 is 0 Å². The van der Waals surface area contributed by atoms with Gasteiger partial charge in [-0.1, -0.05) is 23.4 Å². The molecule has 0 amide bonds. The zero-order valence-electron chi connectivity index (χ0n) is 18.0. The Morgan fingerprint density at radius 1 is 0.939 bits per heavy atom. The van der Waals surface area contributed by atoms with E-state index in [2.05, 4.69) is 25.7 Å². The molecule has 0 spiro atoms. The average molecular weight is 466 g/mol. The Morgan fingerprint density at radius 2 is 1.76 bits per heavy atom. The summed E-state index contributed by atoms with van der Waals surface area (Å²) >= 11 is 0. The van der Waals surface area contributed by atoms with E-state index in [0.29, 0.717) is 54.9 Å². The fourth-order valence-electron chi connectivity index (χ4n) is 3.81. The van der Waals surface area contributed by atoms with Gasteiger partial charge in [0.25, 0.3) is 0 Å². The molecule has 1 N–H and O–H groups in total. The molecule has 0 atom stereocenters. The monoisotopic (exact) mass is 465 g/mol. The molecule has 33 heavy (non-hydrogen) atoms. The number of aryl methyl sites for hydroxylation is 1. The maximum Gasteiger partial charge on any atom is 0.220 e. The maximum atomic E-state index is 13.0. The van der Waals surface area contributed by atoms with Crippen LogP contribution in [-0.4, -0.2) is 59.2 Å². The molecular formula is C22H23N7O3S. The van der Waals surface area contributed by atoms with Crippen molar-refractivity contribution in [2.75, 3.05) is 36.4 Å². The van der Waals surface area contributed by atoms with Crippen LogP contribution in [0.5, 0.6) is 0 Å². The fourth-order valence-corrected chi connectivity index (χ4v) is 5.26. The van der Waals surface area contributed by atoms with Crippen molar-refractivity contribution in [3.63, 3.8) is 0 Å². The number of hydrogen-bond acceptors (Lipinski definition) is 9. The van der Waals surface area contributed by atoms with Crippen LogP contribution in [0.3, 0.4) is 0 Å². The van der Waals surface area contributed by atoms with E-state index in [9.17, 15) is 8.42 Å². The third-order valence-electron chi connectivity index (χ3n) is 5.52. The molecular weight excluding hydrogens is 442 g/mol. The molecule has 11 heteroatoms. The van der Waals surface area contributed by atoms with E-state index in [0.717, 1.165) is 11.1 Å². The molecule has 0 bridgehead atoms. The van der Waals surface area contributed by atoms with Crippen molar-refractivity contribution in [2.24, 2.45) is 0 Å². The van der Waals surface area contributed by atoms with E-state index < -0.39 is 10.0 Å². The van der Waals surface area contributed by atoms with E-state index in [-0.39, 0.29) is 5.75 Å². The minimum atomic E-state index is -3.52. The normalized spacial score (nSPS) is 15.1. The van der Waals surface area contributed by atoms with Crippen molar-refractivity contribution in [3.05, 3.63) is 66.0 Å². The van der Waals surface area contributed by atoms with Crippen LogP contribution in [0.1, 0.15) is 11.4 Å². The average Bonchev–Trinajstić information content (AvgIpc) is 3.22. The van der Waals surface area contributed by atoms with Crippen LogP contribution in [0.25, 0.3) is 11.0 Å². The Labute approximate surface area is 191 Å². The van der Waals surface area contributed by atoms with Gasteiger partial charge in [-0.25, -0.2) is 13.4 Å². The van der Waals surface area contributed by atoms with Gasteiger partial charge in [0.05, 0.1) is 0 Å². The molecule has 1 aliphatic rings. The van der Waals surface area contributed by atoms with Gasteiger partial charge in [-0.05, 0) is 43.3 Å². The van der Waals surface area contributed by atoms with Crippen LogP contribution < -0.4 is 10.2 Å². The predicted molar refractivity (Wildman–Crippen MR) is 125 cm³/mol. The molecule has 5 rings (SSSR count). The van der Waals surface area contributed by atoms with Crippen molar-refractivity contribution in [3.8, 4) is 0 Å². The maximum absolute atomic E-state index is 13.0. The van der Waals surface area contributed by atoms with Gasteiger partial charge in [-0.3, -0.25) is 0 Å². The second-order valence-corrected chi connectivity index (χ2v) is 9.80. The lowest BCUT2D eigenvalue weighted by Crippen LogP contribution is -2.49. The second kappa shape index (κ2) is 8.75. The standard InChI is InChI=1S/C22H23N7O3S/c1-16-5-4-8-20(23-16)24-21-9-10-22(26-25-21)28-11-13-29(14-12-28)33(30,31)15-18-17-6-2-3-7-19(17)32-27-18/h2-10H,11-15H2,1H3,(H,23,24,25). The molecule has 170 valence electrons. The largest absolute Gasteiger partial charge is 0.356 e. The molecule has 3 aromatic heterocycles. The van der Waals surface area contributed by atoms with Crippen LogP contribution in [-0.2, 0) is 15.8 Å². The first-order chi connectivity index (χ1) is 16.0. The summed E-state index contributed by atoms with van der Waals surface area (Å²) in [6.45, 7) is 3.72. The van der Waals surface area contributed by atoms with Gasteiger partial charge in [0.2, 0.25) is 10.0 Å². The highest BCUT2D eigenvalue weighted by Crippen LogP contribution is 2.23. The van der Waals surface area contributed by atoms with Crippen molar-refractivity contribution in [2.45, 2.75) is 12.7 Å². The van der Waals surface area contributed by atoms with E-state index >= 15 is 0 Å². The van der Waals surface area contributed by atoms with E-state index in [4.69, 9.17) is 4.52 Å². The first-order valence-electron chi connectivity index (χ1n) is 10.6. The summed E-state index contributed by atoms with van der Waals surface area (Å²) in [5, 5.41) is 16.3. The minimum absolute atomic E-state index is 0.183. The van der Waals surface area contributed by atoms with E-state index in [1.807, 2.05) is 60.4 Å². The Balaban J connectivity index is 1.20. The fraction of sp³-hybridized carbons (Fsp3) is 0.273. The molecule has 1 aliphatic heterocycles. The van der Waals surface area contributed by atoms with Crippen LogP contribution in [0.4, 0.5) is 17.5 Å². The number of pyridine rings is 1. The SMILES string of the molecule is Cc1cccc(Nc2ccc(N3CCN(S(=O)(=O)Cc4noc5ccccc45)CC3)nn2)n1. The lowest BCUT2D eigenvalue weighted by atomic mass is 10.2. The van der Waals surface area contributed by atoms with Crippen LogP contribution in [0.2, 0.25) is 0 Å². The van der Waals surface area contributed by atoms with Gasteiger partial charge >= 0.3 is 0 Å². The summed E-state index contributed by atoms with van der Waals surface area (Å²) in [5.41, 5.74) is 1.93. The molecule has 1 aromatic carbocycles. The number of sulfonamides is 1. The molecule has 0 unspecified atom stereocenters. The summed E-state index contributed by atoms with van der Waals surface area (Å²) in [5.74, 6) is 1.82. The quantitative estimate of drug-likeness (QED) is 0.458. The second-order valence-electron chi connectivity index (χ2n) is 7.83. The molecule has 0 radical (unpaired) electrons. The number of nitrogens with one attached hydrogen (secondary N) is 1. The van der Waals surface area contributed by atoms with E-state index in [1.165, 1.54) is 4.31 Å². The smallest absolute Gasteiger partial charge is 0.220 e. The summed E-state index contributed by atoms with van der Waals surface area (Å²) < 4.78 is 32.7. The zero-order valence-corrected chi connectivity index (χ0v) is 18.9. The number of para-hydroxylation sites is 1. The third kappa shape index (κ3) is 4.64. The molecule has 0 aliphatic carbocycles. The van der Waals surface area contributed by atoms with Crippen LogP contribution in [0.15, 0.2) is 59.1 Å². The number of benzene rings is 1. The number of rotatable bonds is 6. The molecule has 10 nitrogen and oxygen atoms in total. The number of nitrogens with zero attached hydrogens (tertiary/aromatic N) is 6. The lowest BCUT2D eigenvalue weighted by molar-refractivity contribution is 0.381. The summed E-state index contributed by atoms with van der Waals surface area (Å²) in [4.78, 5) is 6.42. The van der Waals surface area contributed by atoms with Gasteiger partial charge in [-0.15, -0.1) is 10.2 Å². The zero-order chi connectivity index (χ0) is 22.8. The van der Waals surface area contributed by atoms with Gasteiger partial charge in [0, 0.05) is 37.3 Å². The van der Waals surface area contributed by atoms with E-state index in [1.54, 1.807) is 6.07 Å². The van der Waals surface area contributed by atoms with Gasteiger partial charge in [0.15, 0.2) is 17.2 Å². The van der Waals surface area contributed by atoms with Gasteiger partial charge in [0.1, 0.15) is 17.3 Å². The van der Waals surface area contributed by atoms with Crippen molar-refractivity contribution in [1.29, 1.82) is 0 Å². The minimum Gasteiger partial charge on any atom is -0.356 e. The summed E-state index contributed by atoms with van der Waals surface area (Å²) in [6, 6.07) is 16.7. The molecule has 1 saturated heterocycles. The van der Waals surface area contributed by atoms with Crippen molar-refractivity contribution in [1.82, 2.24) is 24.6 Å². The molecule has 4 heterocycles. The summed E-state index contributed by atoms with van der Waals surface area (Å²) in [7, 11) is -3.52. The number of anilines is 3.